The molecule has 0 saturated heterocycles. The van der Waals surface area contributed by atoms with E-state index in [0.717, 1.165) is 12.8 Å². The molecular weight excluding hydrogens is 379 g/mol. The Hall–Kier alpha value is -0.777. The van der Waals surface area contributed by atoms with Crippen LogP contribution in [-0.4, -0.2) is 24.1 Å². The molecule has 2 atom stereocenters. The van der Waals surface area contributed by atoms with Gasteiger partial charge in [0.25, 0.3) is 0 Å². The van der Waals surface area contributed by atoms with Crippen molar-refractivity contribution in [1.29, 1.82) is 0 Å². The summed E-state index contributed by atoms with van der Waals surface area (Å²) >= 11 is 0. The summed E-state index contributed by atoms with van der Waals surface area (Å²) in [4.78, 5) is 19.0. The Morgan fingerprint density at radius 2 is 0.913 bits per heavy atom. The molecule has 0 spiro atoms. The average molecular weight is 408 g/mol. The number of hydrogen-bond acceptors (Lipinski definition) is 6. The molecule has 6 nitrogen and oxygen atoms in total. The first-order valence-electron chi connectivity index (χ1n) is 6.88. The van der Waals surface area contributed by atoms with E-state index in [9.17, 15) is 30.0 Å². The van der Waals surface area contributed by atoms with Gasteiger partial charge in [-0.2, -0.15) is 0 Å². The van der Waals surface area contributed by atoms with E-state index in [4.69, 9.17) is 0 Å². The van der Waals surface area contributed by atoms with Crippen LogP contribution in [-0.2, 0) is 35.8 Å². The fourth-order valence-electron chi connectivity index (χ4n) is 0. The minimum absolute atomic E-state index is 0. The molecule has 0 aromatic rings. The SMILES string of the molecule is C=C(C)C(=O)[O-].C=C(C)C(=O)[O-].CCC(C)[O-].CCC(C)[O-].[Zr+4]. The van der Waals surface area contributed by atoms with Gasteiger partial charge in [-0.3, -0.25) is 0 Å². The van der Waals surface area contributed by atoms with E-state index in [1.54, 1.807) is 13.8 Å². The largest absolute Gasteiger partial charge is 4.00 e. The normalized spacial score (nSPS) is 10.4. The van der Waals surface area contributed by atoms with Gasteiger partial charge in [-0.25, -0.2) is 0 Å². The first kappa shape index (κ1) is 33.7. The van der Waals surface area contributed by atoms with E-state index in [0.29, 0.717) is 0 Å². The summed E-state index contributed by atoms with van der Waals surface area (Å²) in [5, 5.41) is 38.8. The summed E-state index contributed by atoms with van der Waals surface area (Å²) in [7, 11) is 0. The summed E-state index contributed by atoms with van der Waals surface area (Å²) in [6.45, 7) is 16.1. The third-order valence-electron chi connectivity index (χ3n) is 1.85. The van der Waals surface area contributed by atoms with Crippen LogP contribution in [0.4, 0.5) is 0 Å². The number of carboxylic acid groups (broad SMARTS) is 2. The standard InChI is InChI=1S/2C4H6O2.2C4H9O.Zr/c2*1-3(2)4(5)6;2*1-3-4(2)5;/h2*1H2,2H3,(H,5,6);2*4H,3H2,1-2H3;/q;;2*-1;+4/p-2. The second-order valence-corrected chi connectivity index (χ2v) is 4.57. The van der Waals surface area contributed by atoms with Crippen molar-refractivity contribution in [2.75, 3.05) is 0 Å². The minimum atomic E-state index is -1.19. The van der Waals surface area contributed by atoms with Gasteiger partial charge >= 0.3 is 26.2 Å². The molecule has 132 valence electrons. The van der Waals surface area contributed by atoms with Crippen LogP contribution in [0, 0.1) is 0 Å². The van der Waals surface area contributed by atoms with Crippen molar-refractivity contribution in [3.63, 3.8) is 0 Å². The summed E-state index contributed by atoms with van der Waals surface area (Å²) in [5.41, 5.74) is 0.130. The van der Waals surface area contributed by atoms with Crippen molar-refractivity contribution in [3.05, 3.63) is 24.3 Å². The Labute approximate surface area is 159 Å². The molecule has 0 bridgehead atoms. The van der Waals surface area contributed by atoms with E-state index in [-0.39, 0.29) is 49.6 Å². The van der Waals surface area contributed by atoms with E-state index < -0.39 is 11.9 Å². The fraction of sp³-hybridized carbons (Fsp3) is 0.625. The van der Waals surface area contributed by atoms with Crippen LogP contribution in [0.15, 0.2) is 24.3 Å². The second-order valence-electron chi connectivity index (χ2n) is 4.57. The zero-order valence-electron chi connectivity index (χ0n) is 14.9. The monoisotopic (exact) mass is 406 g/mol. The van der Waals surface area contributed by atoms with Crippen LogP contribution >= 0.6 is 0 Å². The Morgan fingerprint density at radius 3 is 0.913 bits per heavy atom. The van der Waals surface area contributed by atoms with Crippen molar-refractivity contribution in [2.45, 2.75) is 66.6 Å². The molecule has 0 aromatic heterocycles. The number of carboxylic acids is 2. The third kappa shape index (κ3) is 62.3. The maximum absolute atomic E-state index is 9.90. The molecule has 0 aliphatic rings. The molecule has 0 heterocycles. The zero-order chi connectivity index (χ0) is 18.9. The van der Waals surface area contributed by atoms with Gasteiger partial charge in [-0.05, 0) is 25.0 Å². The van der Waals surface area contributed by atoms with Crippen LogP contribution in [0.3, 0.4) is 0 Å². The molecular formula is C16H28O6Zr. The quantitative estimate of drug-likeness (QED) is 0.545. The maximum Gasteiger partial charge on any atom is 4.00 e. The number of carbonyl (C=O) groups excluding carboxylic acids is 2. The molecule has 0 aliphatic heterocycles. The summed E-state index contributed by atoms with van der Waals surface area (Å²) in [5.74, 6) is -2.37. The molecule has 0 rings (SSSR count). The van der Waals surface area contributed by atoms with Gasteiger partial charge in [-0.1, -0.05) is 53.7 Å². The van der Waals surface area contributed by atoms with Gasteiger partial charge < -0.3 is 30.0 Å². The molecule has 0 radical (unpaired) electrons. The number of rotatable bonds is 4. The van der Waals surface area contributed by atoms with Gasteiger partial charge in [-0.15, -0.1) is 12.2 Å². The van der Waals surface area contributed by atoms with Gasteiger partial charge in [0.1, 0.15) is 0 Å². The van der Waals surface area contributed by atoms with Crippen molar-refractivity contribution >= 4 is 11.9 Å². The summed E-state index contributed by atoms with van der Waals surface area (Å²) in [6, 6.07) is 0. The predicted octanol–water partition coefficient (Wildman–Crippen LogP) is -1.09. The fourth-order valence-corrected chi connectivity index (χ4v) is 0. The van der Waals surface area contributed by atoms with Crippen LogP contribution in [0.1, 0.15) is 54.4 Å². The topological polar surface area (TPSA) is 126 Å². The summed E-state index contributed by atoms with van der Waals surface area (Å²) < 4.78 is 0. The zero-order valence-corrected chi connectivity index (χ0v) is 17.4. The van der Waals surface area contributed by atoms with E-state index in [2.05, 4.69) is 13.2 Å². The smallest absolute Gasteiger partial charge is 0.852 e. The molecule has 0 aromatic carbocycles. The number of aliphatic carboxylic acids is 2. The Bertz CT molecular complexity index is 269. The molecule has 2 unspecified atom stereocenters. The van der Waals surface area contributed by atoms with E-state index in [1.807, 2.05) is 13.8 Å². The third-order valence-corrected chi connectivity index (χ3v) is 1.85. The van der Waals surface area contributed by atoms with E-state index in [1.165, 1.54) is 13.8 Å². The van der Waals surface area contributed by atoms with Crippen LogP contribution in [0.25, 0.3) is 0 Å². The van der Waals surface area contributed by atoms with Crippen LogP contribution < -0.4 is 20.4 Å². The van der Waals surface area contributed by atoms with Crippen LogP contribution in [0.2, 0.25) is 0 Å². The first-order chi connectivity index (χ1) is 9.83. The van der Waals surface area contributed by atoms with Crippen molar-refractivity contribution in [2.24, 2.45) is 0 Å². The molecule has 0 amide bonds. The van der Waals surface area contributed by atoms with Crippen molar-refractivity contribution in [3.8, 4) is 0 Å². The van der Waals surface area contributed by atoms with E-state index >= 15 is 0 Å². The minimum Gasteiger partial charge on any atom is -0.852 e. The second kappa shape index (κ2) is 23.5. The molecule has 7 heteroatoms. The predicted molar refractivity (Wildman–Crippen MR) is 79.1 cm³/mol. The average Bonchev–Trinajstić information content (AvgIpc) is 2.40. The van der Waals surface area contributed by atoms with Gasteiger partial charge in [0, 0.05) is 0 Å². The number of hydrogen-bond donors (Lipinski definition) is 0. The molecule has 0 aliphatic carbocycles. The molecule has 0 N–H and O–H groups in total. The van der Waals surface area contributed by atoms with Gasteiger partial charge in [0.05, 0.1) is 11.9 Å². The Morgan fingerprint density at radius 1 is 0.826 bits per heavy atom. The Kier molecular flexibility index (Phi) is 34.5. The molecule has 0 fully saturated rings. The van der Waals surface area contributed by atoms with Crippen molar-refractivity contribution in [1.82, 2.24) is 0 Å². The van der Waals surface area contributed by atoms with Gasteiger partial charge in [0.15, 0.2) is 0 Å². The van der Waals surface area contributed by atoms with Crippen LogP contribution in [0.5, 0.6) is 0 Å². The van der Waals surface area contributed by atoms with Gasteiger partial charge in [0.2, 0.25) is 0 Å². The maximum atomic E-state index is 9.90. The number of carbonyl (C=O) groups is 2. The Balaban J connectivity index is -0.0000000620. The summed E-state index contributed by atoms with van der Waals surface area (Å²) in [6.07, 6.45) is 0.769. The molecule has 23 heavy (non-hydrogen) atoms. The first-order valence-corrected chi connectivity index (χ1v) is 6.88. The molecule has 0 saturated carbocycles. The van der Waals surface area contributed by atoms with Crippen molar-refractivity contribution < 1.29 is 56.2 Å².